The predicted molar refractivity (Wildman–Crippen MR) is 91.1 cm³/mol. The van der Waals surface area contributed by atoms with Crippen molar-refractivity contribution < 1.29 is 0 Å². The summed E-state index contributed by atoms with van der Waals surface area (Å²) in [5.41, 5.74) is 9.17. The maximum absolute atomic E-state index is 12.1. The molecule has 0 saturated carbocycles. The maximum atomic E-state index is 12.1. The molecule has 0 atom stereocenters. The molecule has 0 fully saturated rings. The molecule has 1 heterocycles. The summed E-state index contributed by atoms with van der Waals surface area (Å²) in [6, 6.07) is 8.55. The van der Waals surface area contributed by atoms with Crippen LogP contribution >= 0.6 is 11.3 Å². The van der Waals surface area contributed by atoms with Crippen LogP contribution in [-0.4, -0.2) is 11.1 Å². The highest BCUT2D eigenvalue weighted by Crippen LogP contribution is 2.29. The van der Waals surface area contributed by atoms with Crippen LogP contribution in [0.15, 0.2) is 29.1 Å². The molecule has 0 spiro atoms. The molecule has 0 aliphatic heterocycles. The van der Waals surface area contributed by atoms with Gasteiger partial charge in [0.2, 0.25) is 0 Å². The second-order valence-electron chi connectivity index (χ2n) is 6.39. The van der Waals surface area contributed by atoms with Crippen molar-refractivity contribution in [2.24, 2.45) is 5.73 Å². The number of hydrogen-bond donors (Lipinski definition) is 1. The number of aryl methyl sites for hydroxylation is 1. The van der Waals surface area contributed by atoms with E-state index in [0.29, 0.717) is 13.1 Å². The van der Waals surface area contributed by atoms with Gasteiger partial charge in [-0.15, -0.1) is 0 Å². The lowest BCUT2D eigenvalue weighted by atomic mass is 9.86. The summed E-state index contributed by atoms with van der Waals surface area (Å²) in [5, 5.41) is 0. The molecule has 1 aromatic carbocycles. The summed E-state index contributed by atoms with van der Waals surface area (Å²) in [7, 11) is 0. The first-order valence-corrected chi connectivity index (χ1v) is 8.17. The fourth-order valence-electron chi connectivity index (χ4n) is 2.46. The van der Waals surface area contributed by atoms with E-state index in [1.807, 2.05) is 11.5 Å². The van der Waals surface area contributed by atoms with Crippen LogP contribution in [0, 0.1) is 6.92 Å². The molecule has 114 valence electrons. The van der Waals surface area contributed by atoms with Crippen molar-refractivity contribution in [2.75, 3.05) is 6.54 Å². The standard InChI is InChI=1S/C17H24N2OS/c1-12-15(19(11-5-10-18)16(20)21-12)13-6-8-14(9-7-13)17(2,3)4/h6-9H,5,10-11,18H2,1-4H3. The molecule has 0 bridgehead atoms. The van der Waals surface area contributed by atoms with Gasteiger partial charge in [0.1, 0.15) is 0 Å². The number of aromatic nitrogens is 1. The van der Waals surface area contributed by atoms with Gasteiger partial charge in [-0.25, -0.2) is 0 Å². The van der Waals surface area contributed by atoms with Crippen LogP contribution in [0.5, 0.6) is 0 Å². The molecule has 3 nitrogen and oxygen atoms in total. The van der Waals surface area contributed by atoms with Crippen molar-refractivity contribution in [3.05, 3.63) is 44.4 Å². The SMILES string of the molecule is Cc1sc(=O)n(CCCN)c1-c1ccc(C(C)(C)C)cc1. The first kappa shape index (κ1) is 16.0. The zero-order valence-corrected chi connectivity index (χ0v) is 14.1. The number of nitrogens with two attached hydrogens (primary N) is 1. The summed E-state index contributed by atoms with van der Waals surface area (Å²) in [4.78, 5) is 13.3. The molecule has 1 aromatic heterocycles. The van der Waals surface area contributed by atoms with Crippen LogP contribution in [0.1, 0.15) is 37.6 Å². The average molecular weight is 304 g/mol. The Hall–Kier alpha value is -1.39. The average Bonchev–Trinajstić information content (AvgIpc) is 2.70. The van der Waals surface area contributed by atoms with Crippen LogP contribution in [0.4, 0.5) is 0 Å². The molecular weight excluding hydrogens is 280 g/mol. The monoisotopic (exact) mass is 304 g/mol. The number of benzene rings is 1. The zero-order valence-electron chi connectivity index (χ0n) is 13.3. The first-order chi connectivity index (χ1) is 9.84. The van der Waals surface area contributed by atoms with Gasteiger partial charge >= 0.3 is 4.87 Å². The fraction of sp³-hybridized carbons (Fsp3) is 0.471. The largest absolute Gasteiger partial charge is 0.330 e. The van der Waals surface area contributed by atoms with E-state index in [2.05, 4.69) is 45.0 Å². The summed E-state index contributed by atoms with van der Waals surface area (Å²) in [6.07, 6.45) is 0.823. The van der Waals surface area contributed by atoms with Gasteiger partial charge in [0.15, 0.2) is 0 Å². The minimum absolute atomic E-state index is 0.107. The van der Waals surface area contributed by atoms with E-state index in [0.717, 1.165) is 22.6 Å². The van der Waals surface area contributed by atoms with E-state index in [4.69, 9.17) is 5.73 Å². The van der Waals surface area contributed by atoms with E-state index < -0.39 is 0 Å². The Kier molecular flexibility index (Phi) is 4.69. The summed E-state index contributed by atoms with van der Waals surface area (Å²) in [5.74, 6) is 0. The van der Waals surface area contributed by atoms with E-state index in [1.165, 1.54) is 16.9 Å². The van der Waals surface area contributed by atoms with Crippen LogP contribution in [0.2, 0.25) is 0 Å². The minimum Gasteiger partial charge on any atom is -0.330 e. The Bertz CT molecular complexity index is 660. The fourth-order valence-corrected chi connectivity index (χ4v) is 3.33. The Morgan fingerprint density at radius 2 is 1.81 bits per heavy atom. The lowest BCUT2D eigenvalue weighted by Gasteiger charge is -2.19. The minimum atomic E-state index is 0.107. The molecule has 21 heavy (non-hydrogen) atoms. The van der Waals surface area contributed by atoms with Crippen molar-refractivity contribution in [1.29, 1.82) is 0 Å². The lowest BCUT2D eigenvalue weighted by Crippen LogP contribution is -2.17. The number of thiazole rings is 1. The molecule has 0 aliphatic rings. The van der Waals surface area contributed by atoms with Gasteiger partial charge in [-0.05, 0) is 36.4 Å². The van der Waals surface area contributed by atoms with Crippen molar-refractivity contribution in [2.45, 2.75) is 46.1 Å². The second-order valence-corrected chi connectivity index (χ2v) is 7.56. The highest BCUT2D eigenvalue weighted by molar-refractivity contribution is 7.09. The maximum Gasteiger partial charge on any atom is 0.307 e. The van der Waals surface area contributed by atoms with Crippen LogP contribution in [0.3, 0.4) is 0 Å². The third-order valence-electron chi connectivity index (χ3n) is 3.67. The molecule has 2 aromatic rings. The van der Waals surface area contributed by atoms with Crippen molar-refractivity contribution in [3.8, 4) is 11.3 Å². The highest BCUT2D eigenvalue weighted by Gasteiger charge is 2.16. The van der Waals surface area contributed by atoms with Gasteiger partial charge in [-0.2, -0.15) is 0 Å². The van der Waals surface area contributed by atoms with Gasteiger partial charge in [-0.1, -0.05) is 56.4 Å². The second kappa shape index (κ2) is 6.16. The van der Waals surface area contributed by atoms with Crippen molar-refractivity contribution >= 4 is 11.3 Å². The van der Waals surface area contributed by atoms with E-state index in [-0.39, 0.29) is 10.3 Å². The summed E-state index contributed by atoms with van der Waals surface area (Å²) in [6.45, 7) is 9.91. The van der Waals surface area contributed by atoms with Crippen LogP contribution in [-0.2, 0) is 12.0 Å². The summed E-state index contributed by atoms with van der Waals surface area (Å²) >= 11 is 1.32. The topological polar surface area (TPSA) is 48.0 Å². The normalized spacial score (nSPS) is 11.9. The van der Waals surface area contributed by atoms with Gasteiger partial charge in [0.25, 0.3) is 0 Å². The molecule has 0 radical (unpaired) electrons. The predicted octanol–water partition coefficient (Wildman–Crippen LogP) is 3.53. The molecule has 2 rings (SSSR count). The van der Waals surface area contributed by atoms with Gasteiger partial charge < -0.3 is 5.73 Å². The molecule has 4 heteroatoms. The van der Waals surface area contributed by atoms with E-state index in [9.17, 15) is 4.79 Å². The molecule has 0 amide bonds. The summed E-state index contributed by atoms with van der Waals surface area (Å²) < 4.78 is 1.86. The molecule has 0 aliphatic carbocycles. The van der Waals surface area contributed by atoms with E-state index in [1.54, 1.807) is 0 Å². The zero-order chi connectivity index (χ0) is 15.6. The van der Waals surface area contributed by atoms with Gasteiger partial charge in [0.05, 0.1) is 5.69 Å². The van der Waals surface area contributed by atoms with Gasteiger partial charge in [-0.3, -0.25) is 9.36 Å². The highest BCUT2D eigenvalue weighted by atomic mass is 32.1. The lowest BCUT2D eigenvalue weighted by molar-refractivity contribution is 0.590. The third kappa shape index (κ3) is 3.44. The van der Waals surface area contributed by atoms with Gasteiger partial charge in [0, 0.05) is 11.4 Å². The van der Waals surface area contributed by atoms with Crippen LogP contribution < -0.4 is 10.6 Å². The quantitative estimate of drug-likeness (QED) is 0.939. The Balaban J connectivity index is 2.44. The Labute approximate surface area is 130 Å². The van der Waals surface area contributed by atoms with Crippen molar-refractivity contribution in [3.63, 3.8) is 0 Å². The number of hydrogen-bond acceptors (Lipinski definition) is 3. The Morgan fingerprint density at radius 1 is 1.19 bits per heavy atom. The first-order valence-electron chi connectivity index (χ1n) is 7.36. The molecular formula is C17H24N2OS. The van der Waals surface area contributed by atoms with E-state index >= 15 is 0 Å². The molecule has 0 saturated heterocycles. The Morgan fingerprint density at radius 3 is 2.33 bits per heavy atom. The molecule has 0 unspecified atom stereocenters. The third-order valence-corrected chi connectivity index (χ3v) is 4.57. The smallest absolute Gasteiger partial charge is 0.307 e. The van der Waals surface area contributed by atoms with Crippen molar-refractivity contribution in [1.82, 2.24) is 4.57 Å². The number of rotatable bonds is 4. The van der Waals surface area contributed by atoms with Crippen LogP contribution in [0.25, 0.3) is 11.3 Å². The number of nitrogens with zero attached hydrogens (tertiary/aromatic N) is 1. The molecule has 2 N–H and O–H groups in total.